The van der Waals surface area contributed by atoms with E-state index in [4.69, 9.17) is 9.47 Å². The summed E-state index contributed by atoms with van der Waals surface area (Å²) < 4.78 is 10.9. The average Bonchev–Trinajstić information content (AvgIpc) is 3.27. The number of aliphatic carboxylic acids is 1. The van der Waals surface area contributed by atoms with E-state index in [2.05, 4.69) is 10.6 Å². The Morgan fingerprint density at radius 3 is 2.29 bits per heavy atom. The number of thioether (sulfide) groups is 1. The Morgan fingerprint density at radius 1 is 1.02 bits per heavy atom. The molecule has 1 aliphatic heterocycles. The highest BCUT2D eigenvalue weighted by atomic mass is 32.2. The number of unbranched alkanes of at least 4 members (excludes halogenated alkanes) is 1. The predicted octanol–water partition coefficient (Wildman–Crippen LogP) is 4.62. The minimum Gasteiger partial charge on any atom is -0.480 e. The van der Waals surface area contributed by atoms with Crippen LogP contribution in [-0.4, -0.2) is 83.0 Å². The van der Waals surface area contributed by atoms with Crippen LogP contribution in [0.5, 0.6) is 0 Å². The molecule has 42 heavy (non-hydrogen) atoms. The lowest BCUT2D eigenvalue weighted by Crippen LogP contribution is -2.55. The summed E-state index contributed by atoms with van der Waals surface area (Å²) in [5.74, 6) is -0.324. The first-order chi connectivity index (χ1) is 20.0. The smallest absolute Gasteiger partial charge is 0.411 e. The van der Waals surface area contributed by atoms with Crippen molar-refractivity contribution in [3.05, 3.63) is 59.7 Å². The lowest BCUT2D eigenvalue weighted by atomic mass is 9.98. The molecule has 0 saturated carbocycles. The molecule has 11 heteroatoms. The van der Waals surface area contributed by atoms with Crippen molar-refractivity contribution in [2.75, 3.05) is 31.2 Å². The number of nitrogens with zero attached hydrogens (tertiary/aromatic N) is 1. The van der Waals surface area contributed by atoms with Crippen LogP contribution in [0.25, 0.3) is 11.1 Å². The number of carboxylic acid groups (broad SMARTS) is 1. The van der Waals surface area contributed by atoms with Gasteiger partial charge in [0.1, 0.15) is 24.3 Å². The van der Waals surface area contributed by atoms with Gasteiger partial charge >= 0.3 is 18.2 Å². The van der Waals surface area contributed by atoms with Crippen LogP contribution in [0.3, 0.4) is 0 Å². The van der Waals surface area contributed by atoms with Crippen LogP contribution in [0, 0.1) is 0 Å². The number of hydrogen-bond acceptors (Lipinski definition) is 7. The molecule has 226 valence electrons. The molecule has 0 radical (unpaired) electrons. The first kappa shape index (κ1) is 31.2. The second-order valence-electron chi connectivity index (χ2n) is 11.4. The Kier molecular flexibility index (Phi) is 10.4. The zero-order valence-corrected chi connectivity index (χ0v) is 25.1. The molecule has 1 fully saturated rings. The predicted molar refractivity (Wildman–Crippen MR) is 161 cm³/mol. The van der Waals surface area contributed by atoms with E-state index in [0.29, 0.717) is 31.7 Å². The zero-order valence-electron chi connectivity index (χ0n) is 24.3. The molecule has 0 spiro atoms. The molecule has 0 bridgehead atoms. The highest BCUT2D eigenvalue weighted by molar-refractivity contribution is 7.99. The van der Waals surface area contributed by atoms with Gasteiger partial charge in [-0.3, -0.25) is 9.69 Å². The van der Waals surface area contributed by atoms with E-state index in [1.807, 2.05) is 48.5 Å². The summed E-state index contributed by atoms with van der Waals surface area (Å²) in [6.07, 6.45) is -0.149. The third kappa shape index (κ3) is 7.96. The molecule has 2 atom stereocenters. The standard InChI is InChI=1S/C31H39N3O7S/c1-31(2,3)41-30(39)34-16-17-42-19-26(34)27(35)32-15-9-8-14-25(28(36)37)33-29(38)40-18-24-22-12-6-4-10-20(22)21-11-5-7-13-23(21)24/h4-7,10-13,24-26H,8-9,14-19H2,1-3H3,(H,32,35)(H,33,38)(H,36,37)/t25-,26?/m0/s1. The maximum atomic E-state index is 12.8. The molecule has 1 unspecified atom stereocenters. The van der Waals surface area contributed by atoms with Crippen LogP contribution in [0.15, 0.2) is 48.5 Å². The molecule has 10 nitrogen and oxygen atoms in total. The first-order valence-corrected chi connectivity index (χ1v) is 15.4. The van der Waals surface area contributed by atoms with Gasteiger partial charge in [0.2, 0.25) is 5.91 Å². The minimum absolute atomic E-state index is 0.0952. The minimum atomic E-state index is -1.15. The molecule has 3 N–H and O–H groups in total. The van der Waals surface area contributed by atoms with Crippen molar-refractivity contribution in [2.24, 2.45) is 0 Å². The highest BCUT2D eigenvalue weighted by Gasteiger charge is 2.35. The Balaban J connectivity index is 1.21. The number of alkyl carbamates (subject to hydrolysis) is 1. The molecule has 1 aliphatic carbocycles. The summed E-state index contributed by atoms with van der Waals surface area (Å²) in [7, 11) is 0. The maximum absolute atomic E-state index is 12.8. The molecule has 2 aromatic rings. The number of amides is 3. The van der Waals surface area contributed by atoms with Gasteiger partial charge in [-0.15, -0.1) is 0 Å². The van der Waals surface area contributed by atoms with E-state index in [1.54, 1.807) is 32.5 Å². The zero-order chi connectivity index (χ0) is 30.3. The summed E-state index contributed by atoms with van der Waals surface area (Å²) >= 11 is 1.60. The van der Waals surface area contributed by atoms with Gasteiger partial charge in [0.15, 0.2) is 0 Å². The number of fused-ring (bicyclic) bond motifs is 3. The van der Waals surface area contributed by atoms with Gasteiger partial charge in [-0.2, -0.15) is 11.8 Å². The second-order valence-corrected chi connectivity index (χ2v) is 12.6. The summed E-state index contributed by atoms with van der Waals surface area (Å²) in [5.41, 5.74) is 3.71. The fourth-order valence-corrected chi connectivity index (χ4v) is 6.25. The third-order valence-corrected chi connectivity index (χ3v) is 8.23. The molecule has 1 heterocycles. The lowest BCUT2D eigenvalue weighted by Gasteiger charge is -2.35. The van der Waals surface area contributed by atoms with Crippen molar-refractivity contribution in [2.45, 2.75) is 63.6 Å². The van der Waals surface area contributed by atoms with Gasteiger partial charge < -0.3 is 25.2 Å². The monoisotopic (exact) mass is 597 g/mol. The fraction of sp³-hybridized carbons (Fsp3) is 0.484. The molecule has 4 rings (SSSR count). The van der Waals surface area contributed by atoms with Gasteiger partial charge in [0, 0.05) is 30.5 Å². The number of carbonyl (C=O) groups excluding carboxylic acids is 3. The second kappa shape index (κ2) is 14.0. The summed E-state index contributed by atoms with van der Waals surface area (Å²) in [5, 5.41) is 15.0. The fourth-order valence-electron chi connectivity index (χ4n) is 5.20. The Hall–Kier alpha value is -3.73. The van der Waals surface area contributed by atoms with E-state index >= 15 is 0 Å². The average molecular weight is 598 g/mol. The molecule has 3 amide bonds. The summed E-state index contributed by atoms with van der Waals surface area (Å²) in [6.45, 7) is 6.19. The van der Waals surface area contributed by atoms with Gasteiger partial charge in [-0.25, -0.2) is 14.4 Å². The highest BCUT2D eigenvalue weighted by Crippen LogP contribution is 2.44. The van der Waals surface area contributed by atoms with Gasteiger partial charge in [-0.05, 0) is 62.3 Å². The quantitative estimate of drug-likeness (QED) is 0.338. The van der Waals surface area contributed by atoms with E-state index in [-0.39, 0.29) is 24.9 Å². The van der Waals surface area contributed by atoms with E-state index in [1.165, 1.54) is 4.90 Å². The lowest BCUT2D eigenvalue weighted by molar-refractivity contribution is -0.139. The number of benzene rings is 2. The SMILES string of the molecule is CC(C)(C)OC(=O)N1CCSCC1C(=O)NCCCC[C@H](NC(=O)OCC1c2ccccc2-c2ccccc21)C(=O)O. The molecular weight excluding hydrogens is 558 g/mol. The topological polar surface area (TPSA) is 134 Å². The van der Waals surface area contributed by atoms with Crippen LogP contribution < -0.4 is 10.6 Å². The number of hydrogen-bond donors (Lipinski definition) is 3. The van der Waals surface area contributed by atoms with Crippen molar-refractivity contribution in [3.63, 3.8) is 0 Å². The number of rotatable bonds is 10. The van der Waals surface area contributed by atoms with E-state index in [9.17, 15) is 24.3 Å². The van der Waals surface area contributed by atoms with Crippen molar-refractivity contribution < 1.29 is 33.8 Å². The van der Waals surface area contributed by atoms with Crippen molar-refractivity contribution in [3.8, 4) is 11.1 Å². The largest absolute Gasteiger partial charge is 0.480 e. The third-order valence-electron chi connectivity index (χ3n) is 7.21. The van der Waals surface area contributed by atoms with Crippen LogP contribution in [0.4, 0.5) is 9.59 Å². The normalized spacial score (nSPS) is 17.0. The van der Waals surface area contributed by atoms with Crippen molar-refractivity contribution >= 4 is 35.8 Å². The Morgan fingerprint density at radius 2 is 1.67 bits per heavy atom. The van der Waals surface area contributed by atoms with Crippen LogP contribution in [0.2, 0.25) is 0 Å². The van der Waals surface area contributed by atoms with Gasteiger partial charge in [-0.1, -0.05) is 48.5 Å². The van der Waals surface area contributed by atoms with Crippen molar-refractivity contribution in [1.29, 1.82) is 0 Å². The Labute approximate surface area is 250 Å². The summed E-state index contributed by atoms with van der Waals surface area (Å²) in [6, 6.07) is 14.2. The number of nitrogens with one attached hydrogen (secondary N) is 2. The van der Waals surface area contributed by atoms with Crippen LogP contribution >= 0.6 is 11.8 Å². The first-order valence-electron chi connectivity index (χ1n) is 14.2. The van der Waals surface area contributed by atoms with Crippen LogP contribution in [-0.2, 0) is 19.1 Å². The molecule has 1 saturated heterocycles. The van der Waals surface area contributed by atoms with Crippen LogP contribution in [0.1, 0.15) is 57.1 Å². The van der Waals surface area contributed by atoms with E-state index < -0.39 is 35.8 Å². The molecule has 2 aliphatic rings. The molecular formula is C31H39N3O7S. The maximum Gasteiger partial charge on any atom is 0.411 e. The number of carbonyl (C=O) groups is 4. The van der Waals surface area contributed by atoms with Gasteiger partial charge in [0.25, 0.3) is 0 Å². The molecule has 0 aromatic heterocycles. The van der Waals surface area contributed by atoms with Gasteiger partial charge in [0.05, 0.1) is 0 Å². The summed E-state index contributed by atoms with van der Waals surface area (Å²) in [4.78, 5) is 51.2. The van der Waals surface area contributed by atoms with Crippen molar-refractivity contribution in [1.82, 2.24) is 15.5 Å². The Bertz CT molecular complexity index is 1250. The number of ether oxygens (including phenoxy) is 2. The molecule has 2 aromatic carbocycles. The van der Waals surface area contributed by atoms with E-state index in [0.717, 1.165) is 28.0 Å². The number of carboxylic acids is 1.